The Morgan fingerprint density at radius 2 is 2.14 bits per heavy atom. The van der Waals surface area contributed by atoms with E-state index in [-0.39, 0.29) is 17.6 Å². The Hall–Kier alpha value is -1.42. The maximum Gasteiger partial charge on any atom is 0.225 e. The molecule has 0 bridgehead atoms. The summed E-state index contributed by atoms with van der Waals surface area (Å²) >= 11 is 0. The van der Waals surface area contributed by atoms with Crippen LogP contribution >= 0.6 is 0 Å². The van der Waals surface area contributed by atoms with E-state index in [1.54, 1.807) is 11.0 Å². The van der Waals surface area contributed by atoms with Crippen LogP contribution in [0.4, 0.5) is 4.39 Å². The summed E-state index contributed by atoms with van der Waals surface area (Å²) in [4.78, 5) is 14.3. The molecule has 4 heteroatoms. The molecule has 4 unspecified atom stereocenters. The van der Waals surface area contributed by atoms with E-state index in [9.17, 15) is 9.18 Å². The molecule has 3 rings (SSSR count). The van der Waals surface area contributed by atoms with Gasteiger partial charge in [-0.1, -0.05) is 6.07 Å². The second kappa shape index (κ2) is 5.41. The van der Waals surface area contributed by atoms with Crippen molar-refractivity contribution in [2.45, 2.75) is 38.8 Å². The highest BCUT2D eigenvalue weighted by molar-refractivity contribution is 5.79. The minimum absolute atomic E-state index is 0.124. The number of carbonyl (C=O) groups is 1. The van der Waals surface area contributed by atoms with Gasteiger partial charge in [-0.15, -0.1) is 0 Å². The van der Waals surface area contributed by atoms with Crippen LogP contribution < -0.4 is 5.73 Å². The predicted molar refractivity (Wildman–Crippen MR) is 79.9 cm³/mol. The number of nitrogens with two attached hydrogens (primary N) is 1. The second-order valence-corrected chi connectivity index (χ2v) is 6.76. The number of nitrogens with zero attached hydrogens (tertiary/aromatic N) is 1. The smallest absolute Gasteiger partial charge is 0.225 e. The largest absolute Gasteiger partial charge is 0.341 e. The van der Waals surface area contributed by atoms with E-state index in [0.717, 1.165) is 30.4 Å². The van der Waals surface area contributed by atoms with Crippen LogP contribution in [0.3, 0.4) is 0 Å². The molecule has 0 aromatic heterocycles. The normalized spacial score (nSPS) is 30.7. The van der Waals surface area contributed by atoms with Gasteiger partial charge >= 0.3 is 0 Å². The highest BCUT2D eigenvalue weighted by Crippen LogP contribution is 2.49. The summed E-state index contributed by atoms with van der Waals surface area (Å²) in [6.45, 7) is 2.42. The topological polar surface area (TPSA) is 46.3 Å². The molecule has 0 heterocycles. The van der Waals surface area contributed by atoms with Gasteiger partial charge < -0.3 is 10.6 Å². The van der Waals surface area contributed by atoms with Gasteiger partial charge in [0.1, 0.15) is 5.82 Å². The van der Waals surface area contributed by atoms with E-state index in [2.05, 4.69) is 0 Å². The lowest BCUT2D eigenvalue weighted by molar-refractivity contribution is -0.134. The third kappa shape index (κ3) is 2.69. The molecule has 2 saturated carbocycles. The number of carbonyl (C=O) groups excluding carboxylic acids is 1. The van der Waals surface area contributed by atoms with Crippen molar-refractivity contribution in [3.63, 3.8) is 0 Å². The van der Waals surface area contributed by atoms with Gasteiger partial charge in [-0.25, -0.2) is 4.39 Å². The zero-order valence-corrected chi connectivity index (χ0v) is 12.7. The molecule has 1 aromatic carbocycles. The summed E-state index contributed by atoms with van der Waals surface area (Å²) in [5.41, 5.74) is 7.90. The number of halogens is 1. The fourth-order valence-electron chi connectivity index (χ4n) is 3.96. The number of aryl methyl sites for hydroxylation is 1. The molecule has 3 nitrogen and oxygen atoms in total. The van der Waals surface area contributed by atoms with E-state index in [1.807, 2.05) is 14.0 Å². The molecule has 2 aliphatic rings. The maximum absolute atomic E-state index is 13.1. The van der Waals surface area contributed by atoms with Crippen molar-refractivity contribution in [2.24, 2.45) is 23.5 Å². The monoisotopic (exact) mass is 290 g/mol. The number of benzene rings is 1. The average molecular weight is 290 g/mol. The zero-order chi connectivity index (χ0) is 15.1. The second-order valence-electron chi connectivity index (χ2n) is 6.76. The summed E-state index contributed by atoms with van der Waals surface area (Å²) in [5, 5.41) is 0. The van der Waals surface area contributed by atoms with Gasteiger partial charge in [0.05, 0.1) is 0 Å². The molecule has 0 radical (unpaired) electrons. The number of fused-ring (bicyclic) bond motifs is 1. The van der Waals surface area contributed by atoms with Gasteiger partial charge in [-0.05, 0) is 61.3 Å². The van der Waals surface area contributed by atoms with Crippen molar-refractivity contribution in [1.29, 1.82) is 0 Å². The molecule has 1 amide bonds. The molecular formula is C17H23FN2O. The van der Waals surface area contributed by atoms with Crippen LogP contribution in [-0.2, 0) is 11.3 Å². The molecular weight excluding hydrogens is 267 g/mol. The highest BCUT2D eigenvalue weighted by Gasteiger charge is 2.48. The van der Waals surface area contributed by atoms with Crippen LogP contribution in [0, 0.1) is 30.5 Å². The van der Waals surface area contributed by atoms with Crippen LogP contribution in [0.15, 0.2) is 18.2 Å². The van der Waals surface area contributed by atoms with E-state index in [1.165, 1.54) is 12.1 Å². The van der Waals surface area contributed by atoms with Crippen LogP contribution in [0.2, 0.25) is 0 Å². The summed E-state index contributed by atoms with van der Waals surface area (Å²) in [6.07, 6.45) is 3.01. The van der Waals surface area contributed by atoms with Gasteiger partial charge in [0.15, 0.2) is 0 Å². The first-order chi connectivity index (χ1) is 9.95. The highest BCUT2D eigenvalue weighted by atomic mass is 19.1. The number of rotatable bonds is 3. The molecule has 0 aliphatic heterocycles. The van der Waals surface area contributed by atoms with Gasteiger partial charge in [-0.3, -0.25) is 4.79 Å². The first-order valence-electron chi connectivity index (χ1n) is 7.71. The lowest BCUT2D eigenvalue weighted by atomic mass is 9.72. The molecule has 2 fully saturated rings. The fraction of sp³-hybridized carbons (Fsp3) is 0.588. The van der Waals surface area contributed by atoms with Gasteiger partial charge in [0.2, 0.25) is 5.91 Å². The Bertz CT molecular complexity index is 560. The SMILES string of the molecule is Cc1cc(F)ccc1CN(C)C(=O)C1CC2CC(N)C2C1. The summed E-state index contributed by atoms with van der Waals surface area (Å²) in [6, 6.07) is 5.04. The third-order valence-corrected chi connectivity index (χ3v) is 5.31. The lowest BCUT2D eigenvalue weighted by Gasteiger charge is -2.37. The summed E-state index contributed by atoms with van der Waals surface area (Å²) in [5.74, 6) is 1.32. The van der Waals surface area contributed by atoms with E-state index in [4.69, 9.17) is 5.73 Å². The van der Waals surface area contributed by atoms with Crippen molar-refractivity contribution in [3.05, 3.63) is 35.1 Å². The Labute approximate surface area is 125 Å². The standard InChI is InChI=1S/C17H23FN2O/c1-10-5-14(18)4-3-11(10)9-20(2)17(21)13-6-12-8-16(19)15(12)7-13/h3-5,12-13,15-16H,6-9,19H2,1-2H3. The minimum Gasteiger partial charge on any atom is -0.341 e. The van der Waals surface area contributed by atoms with E-state index < -0.39 is 0 Å². The molecule has 1 aromatic rings. The number of hydrogen-bond acceptors (Lipinski definition) is 2. The van der Waals surface area contributed by atoms with Crippen LogP contribution in [0.5, 0.6) is 0 Å². The van der Waals surface area contributed by atoms with Crippen LogP contribution in [-0.4, -0.2) is 23.9 Å². The Kier molecular flexibility index (Phi) is 3.74. The van der Waals surface area contributed by atoms with Crippen molar-refractivity contribution in [2.75, 3.05) is 7.05 Å². The van der Waals surface area contributed by atoms with Crippen LogP contribution in [0.25, 0.3) is 0 Å². The van der Waals surface area contributed by atoms with Crippen LogP contribution in [0.1, 0.15) is 30.4 Å². The van der Waals surface area contributed by atoms with E-state index in [0.29, 0.717) is 24.4 Å². The van der Waals surface area contributed by atoms with Crippen molar-refractivity contribution in [1.82, 2.24) is 4.90 Å². The summed E-state index contributed by atoms with van der Waals surface area (Å²) < 4.78 is 13.1. The Balaban J connectivity index is 1.62. The summed E-state index contributed by atoms with van der Waals surface area (Å²) in [7, 11) is 1.84. The van der Waals surface area contributed by atoms with Gasteiger partial charge in [0, 0.05) is 25.6 Å². The predicted octanol–water partition coefficient (Wildman–Crippen LogP) is 2.47. The molecule has 114 valence electrons. The molecule has 2 aliphatic carbocycles. The quantitative estimate of drug-likeness (QED) is 0.929. The van der Waals surface area contributed by atoms with E-state index >= 15 is 0 Å². The Morgan fingerprint density at radius 1 is 1.38 bits per heavy atom. The van der Waals surface area contributed by atoms with Crippen molar-refractivity contribution >= 4 is 5.91 Å². The third-order valence-electron chi connectivity index (χ3n) is 5.31. The molecule has 0 saturated heterocycles. The minimum atomic E-state index is -0.230. The number of amides is 1. The van der Waals surface area contributed by atoms with Gasteiger partial charge in [0.25, 0.3) is 0 Å². The first-order valence-corrected chi connectivity index (χ1v) is 7.71. The molecule has 21 heavy (non-hydrogen) atoms. The first kappa shape index (κ1) is 14.5. The Morgan fingerprint density at radius 3 is 2.76 bits per heavy atom. The fourth-order valence-corrected chi connectivity index (χ4v) is 3.96. The maximum atomic E-state index is 13.1. The zero-order valence-electron chi connectivity index (χ0n) is 12.7. The molecule has 0 spiro atoms. The molecule has 2 N–H and O–H groups in total. The van der Waals surface area contributed by atoms with Gasteiger partial charge in [-0.2, -0.15) is 0 Å². The average Bonchev–Trinajstić information content (AvgIpc) is 2.78. The number of hydrogen-bond donors (Lipinski definition) is 1. The lowest BCUT2D eigenvalue weighted by Crippen LogP contribution is -2.44. The van der Waals surface area contributed by atoms with Crippen molar-refractivity contribution in [3.8, 4) is 0 Å². The van der Waals surface area contributed by atoms with Crippen molar-refractivity contribution < 1.29 is 9.18 Å². The molecule has 4 atom stereocenters.